The number of likely N-dealkylation sites (N-methyl/N-ethyl adjacent to an activating group) is 1. The Morgan fingerprint density at radius 2 is 2.12 bits per heavy atom. The first kappa shape index (κ1) is 16.0. The van der Waals surface area contributed by atoms with E-state index in [9.17, 15) is 15.8 Å². The summed E-state index contributed by atoms with van der Waals surface area (Å²) >= 11 is 0. The second kappa shape index (κ2) is 5.96. The summed E-state index contributed by atoms with van der Waals surface area (Å²) in [6.07, 6.45) is 5.10. The molecule has 1 aliphatic carbocycles. The van der Waals surface area contributed by atoms with E-state index in [0.717, 1.165) is 30.8 Å². The molecule has 0 radical (unpaired) electrons. The molecule has 4 atom stereocenters. The summed E-state index contributed by atoms with van der Waals surface area (Å²) in [6, 6.07) is 8.04. The quantitative estimate of drug-likeness (QED) is 0.792. The van der Waals surface area contributed by atoms with Gasteiger partial charge in [-0.3, -0.25) is 0 Å². The summed E-state index contributed by atoms with van der Waals surface area (Å²) < 4.78 is 5.19. The molecule has 0 amide bonds. The van der Waals surface area contributed by atoms with E-state index in [-0.39, 0.29) is 11.6 Å². The summed E-state index contributed by atoms with van der Waals surface area (Å²) in [6.45, 7) is 4.57. The van der Waals surface area contributed by atoms with Crippen molar-refractivity contribution < 1.29 is 9.32 Å². The lowest BCUT2D eigenvalue weighted by Gasteiger charge is -2.45. The van der Waals surface area contributed by atoms with Crippen LogP contribution in [0.25, 0.3) is 0 Å². The minimum Gasteiger partial charge on any atom is -0.472 e. The number of nitrogens with zero attached hydrogens (tertiary/aromatic N) is 3. The maximum atomic E-state index is 9.83. The lowest BCUT2D eigenvalue weighted by molar-refractivity contribution is -0.897. The van der Waals surface area contributed by atoms with Gasteiger partial charge in [0.1, 0.15) is 5.92 Å². The largest absolute Gasteiger partial charge is 0.472 e. The van der Waals surface area contributed by atoms with Crippen LogP contribution in [0.5, 0.6) is 0 Å². The van der Waals surface area contributed by atoms with Gasteiger partial charge in [-0.25, -0.2) is 0 Å². The second-order valence-corrected chi connectivity index (χ2v) is 6.36. The van der Waals surface area contributed by atoms with E-state index in [1.54, 1.807) is 12.3 Å². The van der Waals surface area contributed by atoms with Crippen molar-refractivity contribution in [1.82, 2.24) is 0 Å². The fourth-order valence-corrected chi connectivity index (χ4v) is 4.08. The monoisotopic (exact) mass is 320 g/mol. The summed E-state index contributed by atoms with van der Waals surface area (Å²) in [5, 5.41) is 37.7. The lowest BCUT2D eigenvalue weighted by atomic mass is 9.54. The summed E-state index contributed by atoms with van der Waals surface area (Å²) in [7, 11) is 0. The van der Waals surface area contributed by atoms with Crippen molar-refractivity contribution in [2.24, 2.45) is 17.3 Å². The van der Waals surface area contributed by atoms with Crippen LogP contribution >= 0.6 is 0 Å². The van der Waals surface area contributed by atoms with Gasteiger partial charge in [-0.1, -0.05) is 0 Å². The number of hydrogen-bond acceptors (Lipinski definition) is 5. The minimum atomic E-state index is -1.64. The SMILES string of the molecule is CC[NH+]1CC=C2C(C#N)C(=N)C(C#N)(C#N)[C@H](c3ccoc3)[C@H]2C1. The third kappa shape index (κ3) is 2.07. The van der Waals surface area contributed by atoms with Crippen molar-refractivity contribution >= 4 is 5.71 Å². The van der Waals surface area contributed by atoms with E-state index in [1.165, 1.54) is 11.2 Å². The van der Waals surface area contributed by atoms with E-state index in [4.69, 9.17) is 9.83 Å². The molecule has 1 aromatic rings. The maximum Gasteiger partial charge on any atom is 0.190 e. The Kier molecular flexibility index (Phi) is 3.97. The highest BCUT2D eigenvalue weighted by molar-refractivity contribution is 6.00. The molecule has 2 heterocycles. The van der Waals surface area contributed by atoms with Gasteiger partial charge in [0, 0.05) is 11.8 Å². The van der Waals surface area contributed by atoms with E-state index in [2.05, 4.69) is 25.1 Å². The number of fused-ring (bicyclic) bond motifs is 1. The number of nitriles is 3. The van der Waals surface area contributed by atoms with Gasteiger partial charge in [0.2, 0.25) is 0 Å². The zero-order valence-corrected chi connectivity index (χ0v) is 13.4. The highest BCUT2D eigenvalue weighted by Gasteiger charge is 2.58. The highest BCUT2D eigenvalue weighted by Crippen LogP contribution is 2.52. The molecule has 1 saturated carbocycles. The van der Waals surface area contributed by atoms with Gasteiger partial charge in [-0.2, -0.15) is 15.8 Å². The fraction of sp³-hybridized carbons (Fsp3) is 0.444. The molecule has 1 fully saturated rings. The van der Waals surface area contributed by atoms with Gasteiger partial charge in [-0.15, -0.1) is 0 Å². The lowest BCUT2D eigenvalue weighted by Crippen LogP contribution is -3.13. The van der Waals surface area contributed by atoms with E-state index >= 15 is 0 Å². The molecule has 2 unspecified atom stereocenters. The molecule has 0 aromatic carbocycles. The first-order valence-electron chi connectivity index (χ1n) is 7.99. The molecule has 3 rings (SSSR count). The topological polar surface area (TPSA) is 113 Å². The van der Waals surface area contributed by atoms with Crippen molar-refractivity contribution in [2.75, 3.05) is 19.6 Å². The molecule has 1 aromatic heterocycles. The fourth-order valence-electron chi connectivity index (χ4n) is 4.08. The number of quaternary nitrogens is 1. The van der Waals surface area contributed by atoms with Gasteiger partial charge in [-0.05, 0) is 30.2 Å². The maximum absolute atomic E-state index is 9.83. The Balaban J connectivity index is 2.23. The summed E-state index contributed by atoms with van der Waals surface area (Å²) in [5.74, 6) is -1.41. The number of hydrogen-bond donors (Lipinski definition) is 2. The van der Waals surface area contributed by atoms with Crippen molar-refractivity contribution in [3.63, 3.8) is 0 Å². The van der Waals surface area contributed by atoms with Crippen molar-refractivity contribution in [2.45, 2.75) is 12.8 Å². The van der Waals surface area contributed by atoms with Crippen molar-refractivity contribution in [3.8, 4) is 18.2 Å². The van der Waals surface area contributed by atoms with Crippen molar-refractivity contribution in [1.29, 1.82) is 21.2 Å². The third-order valence-electron chi connectivity index (χ3n) is 5.36. The average Bonchev–Trinajstić information content (AvgIpc) is 3.14. The number of furan rings is 1. The molecule has 6 heteroatoms. The van der Waals surface area contributed by atoms with E-state index in [1.807, 2.05) is 6.08 Å². The predicted molar refractivity (Wildman–Crippen MR) is 84.7 cm³/mol. The number of nitrogens with one attached hydrogen (secondary N) is 2. The van der Waals surface area contributed by atoms with Crippen LogP contribution in [0.1, 0.15) is 18.4 Å². The molecule has 120 valence electrons. The van der Waals surface area contributed by atoms with E-state index < -0.39 is 17.3 Å². The smallest absolute Gasteiger partial charge is 0.190 e. The third-order valence-corrected chi connectivity index (χ3v) is 5.36. The molecule has 0 saturated heterocycles. The Hall–Kier alpha value is -2.88. The second-order valence-electron chi connectivity index (χ2n) is 6.36. The summed E-state index contributed by atoms with van der Waals surface area (Å²) in [4.78, 5) is 1.34. The van der Waals surface area contributed by atoms with Crippen LogP contribution in [0.2, 0.25) is 0 Å². The van der Waals surface area contributed by atoms with Crippen LogP contribution in [0, 0.1) is 56.7 Å². The molecule has 0 bridgehead atoms. The molecule has 2 aliphatic rings. The predicted octanol–water partition coefficient (Wildman–Crippen LogP) is 1.03. The van der Waals surface area contributed by atoms with Crippen molar-refractivity contribution in [3.05, 3.63) is 35.8 Å². The Labute approximate surface area is 140 Å². The minimum absolute atomic E-state index is 0.108. The Morgan fingerprint density at radius 1 is 1.38 bits per heavy atom. The zero-order valence-electron chi connectivity index (χ0n) is 13.4. The first-order valence-corrected chi connectivity index (χ1v) is 7.99. The summed E-state index contributed by atoms with van der Waals surface area (Å²) in [5.41, 5.74) is -0.120. The molecule has 2 N–H and O–H groups in total. The molecule has 6 nitrogen and oxygen atoms in total. The Morgan fingerprint density at radius 3 is 2.67 bits per heavy atom. The van der Waals surface area contributed by atoms with Gasteiger partial charge < -0.3 is 14.7 Å². The Bertz CT molecular complexity index is 788. The normalized spacial score (nSPS) is 31.1. The van der Waals surface area contributed by atoms with E-state index in [0.29, 0.717) is 0 Å². The van der Waals surface area contributed by atoms with Crippen LogP contribution in [0.3, 0.4) is 0 Å². The highest BCUT2D eigenvalue weighted by atomic mass is 16.3. The zero-order chi connectivity index (χ0) is 17.3. The molecule has 24 heavy (non-hydrogen) atoms. The first-order chi connectivity index (χ1) is 11.6. The van der Waals surface area contributed by atoms with Gasteiger partial charge in [0.05, 0.1) is 56.1 Å². The molecular formula is C18H18N5O+. The van der Waals surface area contributed by atoms with Crippen LogP contribution < -0.4 is 4.90 Å². The van der Waals surface area contributed by atoms with Crippen LogP contribution in [-0.4, -0.2) is 25.3 Å². The van der Waals surface area contributed by atoms with Gasteiger partial charge >= 0.3 is 0 Å². The molecular weight excluding hydrogens is 302 g/mol. The van der Waals surface area contributed by atoms with Gasteiger partial charge in [0.15, 0.2) is 5.41 Å². The number of rotatable bonds is 2. The molecule has 1 aliphatic heterocycles. The standard InChI is InChI=1S/C18H17N5O/c1-2-23-5-3-13-14(7-19)17(22)18(10-20,11-21)16(15(13)8-23)12-4-6-24-9-12/h3-4,6,9,14-16,22H,2,5,8H2,1H3/p+1/t14?,15-,16+/m0/s1. The van der Waals surface area contributed by atoms with Crippen LogP contribution in [0.4, 0.5) is 0 Å². The van der Waals surface area contributed by atoms with Gasteiger partial charge in [0.25, 0.3) is 0 Å². The van der Waals surface area contributed by atoms with Crippen LogP contribution in [-0.2, 0) is 0 Å². The molecule has 0 spiro atoms. The van der Waals surface area contributed by atoms with Crippen LogP contribution in [0.15, 0.2) is 34.7 Å². The average molecular weight is 320 g/mol.